The average Bonchev–Trinajstić information content (AvgIpc) is 2.32. The van der Waals surface area contributed by atoms with E-state index in [4.69, 9.17) is 9.16 Å². The van der Waals surface area contributed by atoms with Crippen molar-refractivity contribution in [1.29, 1.82) is 0 Å². The first-order valence-electron chi connectivity index (χ1n) is 7.66. The molecule has 1 fully saturated rings. The lowest BCUT2D eigenvalue weighted by Gasteiger charge is -2.45. The van der Waals surface area contributed by atoms with Gasteiger partial charge in [-0.2, -0.15) is 0 Å². The average molecular weight is 315 g/mol. The molecule has 0 aromatic carbocycles. The molecule has 0 spiro atoms. The SMILES string of the molecule is C=C(C)C(=O)OCCCCC1CC[Si](C)(C)[Si](C)(C)O1. The van der Waals surface area contributed by atoms with Crippen molar-refractivity contribution in [2.75, 3.05) is 6.61 Å². The smallest absolute Gasteiger partial charge is 0.333 e. The largest absolute Gasteiger partial charge is 0.462 e. The van der Waals surface area contributed by atoms with Crippen LogP contribution in [0.4, 0.5) is 0 Å². The van der Waals surface area contributed by atoms with E-state index >= 15 is 0 Å². The molecule has 3 nitrogen and oxygen atoms in total. The quantitative estimate of drug-likeness (QED) is 0.321. The molecule has 0 aromatic rings. The zero-order valence-corrected chi connectivity index (χ0v) is 15.8. The van der Waals surface area contributed by atoms with Crippen molar-refractivity contribution in [2.45, 2.75) is 70.9 Å². The number of esters is 1. The van der Waals surface area contributed by atoms with Crippen LogP contribution in [-0.4, -0.2) is 34.1 Å². The molecular weight excluding hydrogens is 284 g/mol. The Kier molecular flexibility index (Phi) is 6.22. The van der Waals surface area contributed by atoms with Gasteiger partial charge in [0.15, 0.2) is 7.83 Å². The molecule has 0 radical (unpaired) electrons. The van der Waals surface area contributed by atoms with Gasteiger partial charge in [-0.3, -0.25) is 0 Å². The molecule has 1 atom stereocenters. The van der Waals surface area contributed by atoms with Crippen LogP contribution >= 0.6 is 0 Å². The predicted molar refractivity (Wildman–Crippen MR) is 88.9 cm³/mol. The number of hydrogen-bond acceptors (Lipinski definition) is 3. The van der Waals surface area contributed by atoms with Gasteiger partial charge < -0.3 is 9.16 Å². The topological polar surface area (TPSA) is 35.5 Å². The van der Waals surface area contributed by atoms with Crippen LogP contribution in [0.25, 0.3) is 0 Å². The number of rotatable bonds is 6. The van der Waals surface area contributed by atoms with Gasteiger partial charge in [-0.25, -0.2) is 4.79 Å². The van der Waals surface area contributed by atoms with E-state index in [2.05, 4.69) is 32.8 Å². The fourth-order valence-corrected chi connectivity index (χ4v) is 9.15. The van der Waals surface area contributed by atoms with Gasteiger partial charge in [-0.05, 0) is 45.7 Å². The number of ether oxygens (including phenoxy) is 1. The van der Waals surface area contributed by atoms with Gasteiger partial charge in [0.2, 0.25) is 0 Å². The first-order valence-corrected chi connectivity index (χ1v) is 14.8. The minimum absolute atomic E-state index is 0.278. The summed E-state index contributed by atoms with van der Waals surface area (Å²) in [5.41, 5.74) is 0.473. The molecule has 1 aliphatic rings. The molecule has 0 saturated carbocycles. The number of carbonyl (C=O) groups excluding carboxylic acids is 1. The lowest BCUT2D eigenvalue weighted by Crippen LogP contribution is -2.61. The Morgan fingerprint density at radius 3 is 2.50 bits per heavy atom. The standard InChI is InChI=1S/C15H30O3Si2/c1-13(2)15(16)17-11-8-7-9-14-10-12-19(3,4)20(5,6)18-14/h14H,1,7-12H2,2-6H3. The lowest BCUT2D eigenvalue weighted by atomic mass is 10.1. The molecule has 1 aliphatic heterocycles. The van der Waals surface area contributed by atoms with E-state index in [1.807, 2.05) is 0 Å². The van der Waals surface area contributed by atoms with Crippen molar-refractivity contribution < 1.29 is 14.0 Å². The summed E-state index contributed by atoms with van der Waals surface area (Å²) in [6, 6.07) is 1.40. The maximum Gasteiger partial charge on any atom is 0.333 e. The summed E-state index contributed by atoms with van der Waals surface area (Å²) in [4.78, 5) is 11.2. The molecule has 116 valence electrons. The molecular formula is C15H30O3Si2. The molecule has 0 bridgehead atoms. The Hall–Kier alpha value is -0.396. The second-order valence-corrected chi connectivity index (χ2v) is 22.3. The summed E-state index contributed by atoms with van der Waals surface area (Å²) < 4.78 is 11.5. The van der Waals surface area contributed by atoms with Crippen LogP contribution < -0.4 is 0 Å². The van der Waals surface area contributed by atoms with Crippen LogP contribution in [0.1, 0.15) is 32.6 Å². The van der Waals surface area contributed by atoms with Gasteiger partial charge in [-0.15, -0.1) is 0 Å². The Morgan fingerprint density at radius 2 is 1.95 bits per heavy atom. The highest BCUT2D eigenvalue weighted by Crippen LogP contribution is 2.34. The summed E-state index contributed by atoms with van der Waals surface area (Å²) >= 11 is 0. The van der Waals surface area contributed by atoms with Crippen molar-refractivity contribution >= 4 is 21.4 Å². The molecule has 1 unspecified atom stereocenters. The summed E-state index contributed by atoms with van der Waals surface area (Å²) in [6.07, 6.45) is 4.75. The van der Waals surface area contributed by atoms with Gasteiger partial charge in [0.25, 0.3) is 0 Å². The molecule has 1 heterocycles. The Balaban J connectivity index is 2.21. The predicted octanol–water partition coefficient (Wildman–Crippen LogP) is 4.06. The Labute approximate surface area is 125 Å². The van der Waals surface area contributed by atoms with Gasteiger partial charge in [0, 0.05) is 11.7 Å². The zero-order chi connectivity index (χ0) is 15.4. The Morgan fingerprint density at radius 1 is 1.30 bits per heavy atom. The normalized spacial score (nSPS) is 24.1. The van der Waals surface area contributed by atoms with Crippen molar-refractivity contribution in [3.8, 4) is 0 Å². The van der Waals surface area contributed by atoms with Crippen LogP contribution in [0, 0.1) is 0 Å². The maximum atomic E-state index is 11.2. The van der Waals surface area contributed by atoms with Crippen molar-refractivity contribution in [2.24, 2.45) is 0 Å². The fourth-order valence-electron chi connectivity index (χ4n) is 2.42. The van der Waals surface area contributed by atoms with Crippen molar-refractivity contribution in [1.82, 2.24) is 0 Å². The fraction of sp³-hybridized carbons (Fsp3) is 0.800. The zero-order valence-electron chi connectivity index (χ0n) is 13.8. The monoisotopic (exact) mass is 314 g/mol. The molecule has 0 amide bonds. The number of hydrogen-bond donors (Lipinski definition) is 0. The maximum absolute atomic E-state index is 11.2. The first-order chi connectivity index (χ1) is 9.16. The van der Waals surface area contributed by atoms with Gasteiger partial charge >= 0.3 is 5.97 Å². The third-order valence-electron chi connectivity index (χ3n) is 4.68. The van der Waals surface area contributed by atoms with E-state index in [-0.39, 0.29) is 5.97 Å². The highest BCUT2D eigenvalue weighted by atomic mass is 29.3. The summed E-state index contributed by atoms with van der Waals surface area (Å²) in [6.45, 7) is 15.5. The summed E-state index contributed by atoms with van der Waals surface area (Å²) in [7, 11) is -2.54. The molecule has 5 heteroatoms. The van der Waals surface area contributed by atoms with Crippen molar-refractivity contribution in [3.63, 3.8) is 0 Å². The first kappa shape index (κ1) is 17.7. The van der Waals surface area contributed by atoms with E-state index in [1.165, 1.54) is 12.5 Å². The van der Waals surface area contributed by atoms with Crippen molar-refractivity contribution in [3.05, 3.63) is 12.2 Å². The highest BCUT2D eigenvalue weighted by molar-refractivity contribution is 7.38. The van der Waals surface area contributed by atoms with Crippen LogP contribution in [0.5, 0.6) is 0 Å². The Bertz CT molecular complexity index is 364. The number of unbranched alkanes of at least 4 members (excludes halogenated alkanes) is 1. The van der Waals surface area contributed by atoms with Crippen LogP contribution in [-0.2, 0) is 14.0 Å². The van der Waals surface area contributed by atoms with Gasteiger partial charge in [0.05, 0.1) is 14.2 Å². The van der Waals surface area contributed by atoms with E-state index in [0.29, 0.717) is 18.3 Å². The van der Waals surface area contributed by atoms with Gasteiger partial charge in [-0.1, -0.05) is 25.7 Å². The third kappa shape index (κ3) is 4.86. The van der Waals surface area contributed by atoms with E-state index < -0.39 is 15.4 Å². The molecule has 0 aliphatic carbocycles. The third-order valence-corrected chi connectivity index (χ3v) is 21.3. The summed E-state index contributed by atoms with van der Waals surface area (Å²) in [5, 5.41) is 0. The van der Waals surface area contributed by atoms with E-state index in [9.17, 15) is 4.79 Å². The minimum Gasteiger partial charge on any atom is -0.462 e. The molecule has 1 rings (SSSR count). The van der Waals surface area contributed by atoms with Gasteiger partial charge in [0.1, 0.15) is 0 Å². The minimum atomic E-state index is -1.44. The highest BCUT2D eigenvalue weighted by Gasteiger charge is 2.47. The molecule has 0 aromatic heterocycles. The second kappa shape index (κ2) is 7.05. The summed E-state index contributed by atoms with van der Waals surface area (Å²) in [5.74, 6) is -0.278. The number of carbonyl (C=O) groups is 1. The molecule has 0 N–H and O–H groups in total. The second-order valence-electron chi connectivity index (χ2n) is 7.08. The molecule has 1 saturated heterocycles. The van der Waals surface area contributed by atoms with Crippen LogP contribution in [0.3, 0.4) is 0 Å². The molecule has 20 heavy (non-hydrogen) atoms. The lowest BCUT2D eigenvalue weighted by molar-refractivity contribution is -0.139. The van der Waals surface area contributed by atoms with E-state index in [1.54, 1.807) is 6.92 Å². The van der Waals surface area contributed by atoms with E-state index in [0.717, 1.165) is 19.3 Å². The van der Waals surface area contributed by atoms with Crippen LogP contribution in [0.2, 0.25) is 32.2 Å². The van der Waals surface area contributed by atoms with Crippen LogP contribution in [0.15, 0.2) is 12.2 Å².